The van der Waals surface area contributed by atoms with E-state index in [0.29, 0.717) is 32.5 Å². The van der Waals surface area contributed by atoms with Gasteiger partial charge in [0.25, 0.3) is 0 Å². The van der Waals surface area contributed by atoms with E-state index in [4.69, 9.17) is 0 Å². The van der Waals surface area contributed by atoms with Gasteiger partial charge in [0.1, 0.15) is 0 Å². The van der Waals surface area contributed by atoms with Crippen LogP contribution in [0.15, 0.2) is 28.7 Å². The number of amides is 2. The summed E-state index contributed by atoms with van der Waals surface area (Å²) in [7, 11) is 0. The molecule has 0 spiro atoms. The maximum atomic E-state index is 12.1. The fourth-order valence-corrected chi connectivity index (χ4v) is 2.17. The van der Waals surface area contributed by atoms with Gasteiger partial charge in [0, 0.05) is 30.5 Å². The molecule has 1 heterocycles. The Kier molecular flexibility index (Phi) is 4.36. The van der Waals surface area contributed by atoms with Crippen LogP contribution in [0.3, 0.4) is 0 Å². The molecule has 1 saturated heterocycles. The molecule has 0 aliphatic carbocycles. The molecule has 4 nitrogen and oxygen atoms in total. The molecule has 1 fully saturated rings. The molecule has 5 heteroatoms. The summed E-state index contributed by atoms with van der Waals surface area (Å²) in [5, 5.41) is 2.76. The minimum Gasteiger partial charge on any atom is -0.354 e. The van der Waals surface area contributed by atoms with E-state index in [-0.39, 0.29) is 11.8 Å². The largest absolute Gasteiger partial charge is 0.354 e. The van der Waals surface area contributed by atoms with Gasteiger partial charge in [-0.3, -0.25) is 9.59 Å². The predicted molar refractivity (Wildman–Crippen MR) is 72.1 cm³/mol. The highest BCUT2D eigenvalue weighted by molar-refractivity contribution is 9.10. The van der Waals surface area contributed by atoms with Gasteiger partial charge in [-0.05, 0) is 17.7 Å². The highest BCUT2D eigenvalue weighted by Gasteiger charge is 2.18. The Balaban J connectivity index is 1.94. The first kappa shape index (κ1) is 13.1. The highest BCUT2D eigenvalue weighted by Crippen LogP contribution is 2.12. The van der Waals surface area contributed by atoms with E-state index in [1.807, 2.05) is 24.3 Å². The minimum atomic E-state index is 0.0222. The molecule has 96 valence electrons. The van der Waals surface area contributed by atoms with Crippen LogP contribution in [0.5, 0.6) is 0 Å². The monoisotopic (exact) mass is 310 g/mol. The second-order valence-electron chi connectivity index (χ2n) is 4.28. The molecule has 2 rings (SSSR count). The third-order valence-electron chi connectivity index (χ3n) is 2.93. The summed E-state index contributed by atoms with van der Waals surface area (Å²) < 4.78 is 1.00. The standard InChI is InChI=1S/C13H15BrN2O2/c14-11-3-1-10(2-4-11)9-13(18)16-7-5-12(17)15-6-8-16/h1-4H,5-9H2,(H,15,17). The maximum Gasteiger partial charge on any atom is 0.227 e. The fourth-order valence-electron chi connectivity index (χ4n) is 1.91. The summed E-state index contributed by atoms with van der Waals surface area (Å²) in [6, 6.07) is 7.72. The van der Waals surface area contributed by atoms with Crippen molar-refractivity contribution in [2.75, 3.05) is 19.6 Å². The lowest BCUT2D eigenvalue weighted by atomic mass is 10.1. The second-order valence-corrected chi connectivity index (χ2v) is 5.20. The van der Waals surface area contributed by atoms with Crippen LogP contribution in [0.25, 0.3) is 0 Å². The summed E-state index contributed by atoms with van der Waals surface area (Å²) in [6.45, 7) is 1.66. The van der Waals surface area contributed by atoms with Gasteiger partial charge in [0.15, 0.2) is 0 Å². The quantitative estimate of drug-likeness (QED) is 0.896. The van der Waals surface area contributed by atoms with Crippen molar-refractivity contribution in [1.29, 1.82) is 0 Å². The van der Waals surface area contributed by atoms with Crippen molar-refractivity contribution < 1.29 is 9.59 Å². The molecule has 0 unspecified atom stereocenters. The Morgan fingerprint density at radius 2 is 2.00 bits per heavy atom. The first-order valence-corrected chi connectivity index (χ1v) is 6.73. The van der Waals surface area contributed by atoms with Crippen LogP contribution in [-0.4, -0.2) is 36.3 Å². The first-order valence-electron chi connectivity index (χ1n) is 5.94. The van der Waals surface area contributed by atoms with Gasteiger partial charge in [-0.15, -0.1) is 0 Å². The predicted octanol–water partition coefficient (Wildman–Crippen LogP) is 1.34. The molecule has 1 aromatic carbocycles. The number of hydrogen-bond acceptors (Lipinski definition) is 2. The number of carbonyl (C=O) groups is 2. The Labute approximate surface area is 114 Å². The summed E-state index contributed by atoms with van der Waals surface area (Å²) in [5.74, 6) is 0.0998. The normalized spacial score (nSPS) is 16.1. The third kappa shape index (κ3) is 3.57. The molecular formula is C13H15BrN2O2. The Bertz CT molecular complexity index is 445. The average molecular weight is 311 g/mol. The van der Waals surface area contributed by atoms with Crippen LogP contribution in [0, 0.1) is 0 Å². The molecular weight excluding hydrogens is 296 g/mol. The van der Waals surface area contributed by atoms with Crippen LogP contribution in [0.2, 0.25) is 0 Å². The van der Waals surface area contributed by atoms with Gasteiger partial charge in [-0.25, -0.2) is 0 Å². The average Bonchev–Trinajstić information content (AvgIpc) is 2.57. The van der Waals surface area contributed by atoms with Crippen molar-refractivity contribution in [3.8, 4) is 0 Å². The zero-order valence-corrected chi connectivity index (χ0v) is 11.6. The Morgan fingerprint density at radius 3 is 2.72 bits per heavy atom. The number of hydrogen-bond donors (Lipinski definition) is 1. The van der Waals surface area contributed by atoms with Gasteiger partial charge in [-0.2, -0.15) is 0 Å². The molecule has 1 aliphatic rings. The van der Waals surface area contributed by atoms with E-state index < -0.39 is 0 Å². The summed E-state index contributed by atoms with van der Waals surface area (Å²) in [6.07, 6.45) is 0.785. The van der Waals surface area contributed by atoms with Gasteiger partial charge >= 0.3 is 0 Å². The van der Waals surface area contributed by atoms with Crippen molar-refractivity contribution in [2.24, 2.45) is 0 Å². The Morgan fingerprint density at radius 1 is 1.28 bits per heavy atom. The van der Waals surface area contributed by atoms with Crippen molar-refractivity contribution in [2.45, 2.75) is 12.8 Å². The topological polar surface area (TPSA) is 49.4 Å². The molecule has 1 N–H and O–H groups in total. The van der Waals surface area contributed by atoms with E-state index in [2.05, 4.69) is 21.2 Å². The van der Waals surface area contributed by atoms with Crippen LogP contribution in [-0.2, 0) is 16.0 Å². The second kappa shape index (κ2) is 6.00. The number of carbonyl (C=O) groups excluding carboxylic acids is 2. The highest BCUT2D eigenvalue weighted by atomic mass is 79.9. The molecule has 0 bridgehead atoms. The van der Waals surface area contributed by atoms with Gasteiger partial charge in [0.05, 0.1) is 6.42 Å². The molecule has 0 atom stereocenters. The summed E-state index contributed by atoms with van der Waals surface area (Å²) >= 11 is 3.36. The van der Waals surface area contributed by atoms with Gasteiger partial charge in [-0.1, -0.05) is 28.1 Å². The van der Waals surface area contributed by atoms with Crippen molar-refractivity contribution in [1.82, 2.24) is 10.2 Å². The van der Waals surface area contributed by atoms with Crippen LogP contribution in [0.1, 0.15) is 12.0 Å². The van der Waals surface area contributed by atoms with Crippen molar-refractivity contribution in [3.05, 3.63) is 34.3 Å². The molecule has 0 saturated carbocycles. The minimum absolute atomic E-state index is 0.0222. The smallest absolute Gasteiger partial charge is 0.227 e. The molecule has 2 amide bonds. The molecule has 0 aromatic heterocycles. The number of rotatable bonds is 2. The van der Waals surface area contributed by atoms with Crippen molar-refractivity contribution >= 4 is 27.7 Å². The van der Waals surface area contributed by atoms with E-state index in [0.717, 1.165) is 10.0 Å². The van der Waals surface area contributed by atoms with Gasteiger partial charge < -0.3 is 10.2 Å². The van der Waals surface area contributed by atoms with Gasteiger partial charge in [0.2, 0.25) is 11.8 Å². The SMILES string of the molecule is O=C1CCN(C(=O)Cc2ccc(Br)cc2)CCN1. The molecule has 0 radical (unpaired) electrons. The lowest BCUT2D eigenvalue weighted by molar-refractivity contribution is -0.130. The van der Waals surface area contributed by atoms with E-state index in [1.165, 1.54) is 0 Å². The lowest BCUT2D eigenvalue weighted by Crippen LogP contribution is -2.35. The number of halogens is 1. The van der Waals surface area contributed by atoms with Crippen LogP contribution < -0.4 is 5.32 Å². The molecule has 18 heavy (non-hydrogen) atoms. The number of nitrogens with zero attached hydrogens (tertiary/aromatic N) is 1. The van der Waals surface area contributed by atoms with E-state index in [1.54, 1.807) is 4.90 Å². The molecule has 1 aliphatic heterocycles. The Hall–Kier alpha value is -1.36. The third-order valence-corrected chi connectivity index (χ3v) is 3.46. The fraction of sp³-hybridized carbons (Fsp3) is 0.385. The lowest BCUT2D eigenvalue weighted by Gasteiger charge is -2.19. The maximum absolute atomic E-state index is 12.1. The van der Waals surface area contributed by atoms with Crippen molar-refractivity contribution in [3.63, 3.8) is 0 Å². The van der Waals surface area contributed by atoms with Crippen LogP contribution >= 0.6 is 15.9 Å². The zero-order valence-electron chi connectivity index (χ0n) is 9.99. The number of benzene rings is 1. The first-order chi connectivity index (χ1) is 8.65. The van der Waals surface area contributed by atoms with Crippen LogP contribution in [0.4, 0.5) is 0 Å². The zero-order chi connectivity index (χ0) is 13.0. The van der Waals surface area contributed by atoms with E-state index >= 15 is 0 Å². The molecule has 1 aromatic rings. The number of nitrogens with one attached hydrogen (secondary N) is 1. The van der Waals surface area contributed by atoms with E-state index in [9.17, 15) is 9.59 Å². The summed E-state index contributed by atoms with van der Waals surface area (Å²) in [5.41, 5.74) is 0.992. The summed E-state index contributed by atoms with van der Waals surface area (Å²) in [4.78, 5) is 25.0.